The lowest BCUT2D eigenvalue weighted by atomic mass is 9.74. The summed E-state index contributed by atoms with van der Waals surface area (Å²) in [7, 11) is 0. The second-order valence-corrected chi connectivity index (χ2v) is 5.64. The largest absolute Gasteiger partial charge is 0.385 e. The van der Waals surface area contributed by atoms with Gasteiger partial charge in [0.2, 0.25) is 5.28 Å². The van der Waals surface area contributed by atoms with E-state index in [1.807, 2.05) is 24.3 Å². The standard InChI is InChI=1S/C14H13Cl2N3O/c15-10-8-17-13(16)19-12(10)18-11-5-2-1-4-9(11)14(20)6-3-7-14/h1-2,4-5,8,20H,3,6-7H2,(H,17,18,19). The molecule has 2 aromatic rings. The number of benzene rings is 1. The van der Waals surface area contributed by atoms with E-state index in [4.69, 9.17) is 23.2 Å². The number of rotatable bonds is 3. The number of hydrogen-bond donors (Lipinski definition) is 2. The highest BCUT2D eigenvalue weighted by Gasteiger charge is 2.37. The molecular weight excluding hydrogens is 297 g/mol. The smallest absolute Gasteiger partial charge is 0.224 e. The molecule has 1 aromatic heterocycles. The Bertz CT molecular complexity index is 644. The molecule has 0 amide bonds. The molecule has 2 N–H and O–H groups in total. The van der Waals surface area contributed by atoms with Crippen molar-refractivity contribution in [2.24, 2.45) is 0 Å². The lowest BCUT2D eigenvalue weighted by molar-refractivity contribution is -0.0381. The number of anilines is 2. The minimum absolute atomic E-state index is 0.122. The number of halogens is 2. The molecule has 0 aliphatic heterocycles. The molecule has 20 heavy (non-hydrogen) atoms. The van der Waals surface area contributed by atoms with Crippen LogP contribution in [-0.4, -0.2) is 15.1 Å². The zero-order valence-corrected chi connectivity index (χ0v) is 12.1. The lowest BCUT2D eigenvalue weighted by Gasteiger charge is -2.38. The predicted octanol–water partition coefficient (Wildman–Crippen LogP) is 3.90. The quantitative estimate of drug-likeness (QED) is 0.844. The summed E-state index contributed by atoms with van der Waals surface area (Å²) in [5.41, 5.74) is 0.885. The molecule has 1 aromatic carbocycles. The van der Waals surface area contributed by atoms with Gasteiger partial charge in [-0.3, -0.25) is 0 Å². The molecule has 104 valence electrons. The SMILES string of the molecule is OC1(c2ccccc2Nc2nc(Cl)ncc2Cl)CCC1. The van der Waals surface area contributed by atoms with Crippen molar-refractivity contribution < 1.29 is 5.11 Å². The molecule has 1 heterocycles. The number of aliphatic hydroxyl groups is 1. The highest BCUT2D eigenvalue weighted by atomic mass is 35.5. The Morgan fingerprint density at radius 2 is 1.95 bits per heavy atom. The Balaban J connectivity index is 1.97. The molecule has 0 atom stereocenters. The number of nitrogens with one attached hydrogen (secondary N) is 1. The Morgan fingerprint density at radius 1 is 1.20 bits per heavy atom. The maximum Gasteiger partial charge on any atom is 0.224 e. The van der Waals surface area contributed by atoms with Gasteiger partial charge in [0.15, 0.2) is 5.82 Å². The Labute approximate surface area is 126 Å². The van der Waals surface area contributed by atoms with Gasteiger partial charge in [-0.1, -0.05) is 29.8 Å². The molecule has 0 spiro atoms. The zero-order chi connectivity index (χ0) is 14.2. The second-order valence-electron chi connectivity index (χ2n) is 4.89. The molecule has 6 heteroatoms. The monoisotopic (exact) mass is 309 g/mol. The first-order valence-electron chi connectivity index (χ1n) is 6.35. The van der Waals surface area contributed by atoms with Crippen LogP contribution in [0.2, 0.25) is 10.3 Å². The van der Waals surface area contributed by atoms with Crippen LogP contribution in [0.5, 0.6) is 0 Å². The van der Waals surface area contributed by atoms with Gasteiger partial charge < -0.3 is 10.4 Å². The highest BCUT2D eigenvalue weighted by molar-refractivity contribution is 6.33. The van der Waals surface area contributed by atoms with Crippen LogP contribution in [0.15, 0.2) is 30.5 Å². The molecular formula is C14H13Cl2N3O. The average Bonchev–Trinajstić information content (AvgIpc) is 2.41. The molecule has 0 unspecified atom stereocenters. The van der Waals surface area contributed by atoms with Crippen LogP contribution in [0.3, 0.4) is 0 Å². The average molecular weight is 310 g/mol. The van der Waals surface area contributed by atoms with Crippen molar-refractivity contribution in [1.29, 1.82) is 0 Å². The molecule has 1 aliphatic carbocycles. The van der Waals surface area contributed by atoms with E-state index in [-0.39, 0.29) is 5.28 Å². The van der Waals surface area contributed by atoms with Gasteiger partial charge in [-0.25, -0.2) is 4.98 Å². The maximum absolute atomic E-state index is 10.5. The summed E-state index contributed by atoms with van der Waals surface area (Å²) in [4.78, 5) is 7.88. The van der Waals surface area contributed by atoms with E-state index in [1.165, 1.54) is 6.20 Å². The van der Waals surface area contributed by atoms with E-state index >= 15 is 0 Å². The molecule has 1 fully saturated rings. The predicted molar refractivity (Wildman–Crippen MR) is 79.5 cm³/mol. The topological polar surface area (TPSA) is 58.0 Å². The van der Waals surface area contributed by atoms with Crippen LogP contribution in [0.25, 0.3) is 0 Å². The van der Waals surface area contributed by atoms with Gasteiger partial charge in [0, 0.05) is 11.3 Å². The third kappa shape index (κ3) is 2.46. The fourth-order valence-corrected chi connectivity index (χ4v) is 2.61. The third-order valence-electron chi connectivity index (χ3n) is 3.58. The van der Waals surface area contributed by atoms with Gasteiger partial charge >= 0.3 is 0 Å². The summed E-state index contributed by atoms with van der Waals surface area (Å²) < 4.78 is 0. The molecule has 1 aliphatic rings. The highest BCUT2D eigenvalue weighted by Crippen LogP contribution is 2.44. The minimum atomic E-state index is -0.757. The Kier molecular flexibility index (Phi) is 3.54. The van der Waals surface area contributed by atoms with E-state index in [1.54, 1.807) is 0 Å². The Hall–Kier alpha value is -1.36. The molecule has 0 saturated heterocycles. The van der Waals surface area contributed by atoms with Crippen molar-refractivity contribution in [3.63, 3.8) is 0 Å². The van der Waals surface area contributed by atoms with Crippen LogP contribution in [-0.2, 0) is 5.60 Å². The van der Waals surface area contributed by atoms with Gasteiger partial charge in [-0.2, -0.15) is 4.98 Å². The Morgan fingerprint density at radius 3 is 2.65 bits per heavy atom. The maximum atomic E-state index is 10.5. The van der Waals surface area contributed by atoms with Gasteiger partial charge in [-0.15, -0.1) is 0 Å². The van der Waals surface area contributed by atoms with E-state index in [2.05, 4.69) is 15.3 Å². The van der Waals surface area contributed by atoms with Crippen molar-refractivity contribution in [2.45, 2.75) is 24.9 Å². The second kappa shape index (κ2) is 5.20. The van der Waals surface area contributed by atoms with Gasteiger partial charge in [0.1, 0.15) is 5.02 Å². The van der Waals surface area contributed by atoms with Crippen molar-refractivity contribution in [2.75, 3.05) is 5.32 Å². The van der Waals surface area contributed by atoms with Crippen molar-refractivity contribution in [3.05, 3.63) is 46.3 Å². The summed E-state index contributed by atoms with van der Waals surface area (Å²) in [5, 5.41) is 14.2. The summed E-state index contributed by atoms with van der Waals surface area (Å²) in [6.45, 7) is 0. The first kappa shape index (κ1) is 13.6. The summed E-state index contributed by atoms with van der Waals surface area (Å²) >= 11 is 11.8. The molecule has 0 radical (unpaired) electrons. The first-order chi connectivity index (χ1) is 9.58. The van der Waals surface area contributed by atoms with E-state index in [0.29, 0.717) is 10.8 Å². The van der Waals surface area contributed by atoms with E-state index in [0.717, 1.165) is 30.5 Å². The van der Waals surface area contributed by atoms with Crippen LogP contribution >= 0.6 is 23.2 Å². The van der Waals surface area contributed by atoms with Gasteiger partial charge in [-0.05, 0) is 36.9 Å². The number of nitrogens with zero attached hydrogens (tertiary/aromatic N) is 2. The number of aromatic nitrogens is 2. The van der Waals surface area contributed by atoms with Gasteiger partial charge in [0.05, 0.1) is 11.8 Å². The lowest BCUT2D eigenvalue weighted by Crippen LogP contribution is -2.34. The minimum Gasteiger partial charge on any atom is -0.385 e. The van der Waals surface area contributed by atoms with Crippen LogP contribution in [0, 0.1) is 0 Å². The van der Waals surface area contributed by atoms with Crippen LogP contribution < -0.4 is 5.32 Å². The van der Waals surface area contributed by atoms with Crippen LogP contribution in [0.1, 0.15) is 24.8 Å². The van der Waals surface area contributed by atoms with E-state index < -0.39 is 5.60 Å². The van der Waals surface area contributed by atoms with Crippen LogP contribution in [0.4, 0.5) is 11.5 Å². The summed E-state index contributed by atoms with van der Waals surface area (Å²) in [6.07, 6.45) is 4.01. The zero-order valence-electron chi connectivity index (χ0n) is 10.6. The number of hydrogen-bond acceptors (Lipinski definition) is 4. The van der Waals surface area contributed by atoms with Gasteiger partial charge in [0.25, 0.3) is 0 Å². The van der Waals surface area contributed by atoms with E-state index in [9.17, 15) is 5.11 Å². The van der Waals surface area contributed by atoms with Crippen molar-refractivity contribution >= 4 is 34.7 Å². The third-order valence-corrected chi connectivity index (χ3v) is 4.04. The molecule has 0 bridgehead atoms. The summed E-state index contributed by atoms with van der Waals surface area (Å²) in [6, 6.07) is 7.60. The normalized spacial score (nSPS) is 16.6. The fraction of sp³-hybridized carbons (Fsp3) is 0.286. The molecule has 4 nitrogen and oxygen atoms in total. The number of para-hydroxylation sites is 1. The first-order valence-corrected chi connectivity index (χ1v) is 7.11. The van der Waals surface area contributed by atoms with Crippen molar-refractivity contribution in [3.8, 4) is 0 Å². The molecule has 1 saturated carbocycles. The summed E-state index contributed by atoms with van der Waals surface area (Å²) in [5.74, 6) is 0.432. The molecule has 3 rings (SSSR count). The fourth-order valence-electron chi connectivity index (χ4n) is 2.34. The van der Waals surface area contributed by atoms with Crippen molar-refractivity contribution in [1.82, 2.24) is 9.97 Å².